The van der Waals surface area contributed by atoms with Crippen LogP contribution in [0.25, 0.3) is 0 Å². The van der Waals surface area contributed by atoms with Gasteiger partial charge >= 0.3 is 0 Å². The Morgan fingerprint density at radius 1 is 1.53 bits per heavy atom. The van der Waals surface area contributed by atoms with Crippen LogP contribution >= 0.6 is 26.6 Å². The van der Waals surface area contributed by atoms with Crippen LogP contribution in [0.4, 0.5) is 14.6 Å². The molecule has 0 radical (unpaired) electrons. The fourth-order valence-electron chi connectivity index (χ4n) is 0.865. The van der Waals surface area contributed by atoms with E-state index in [1.165, 1.54) is 0 Å². The van der Waals surface area contributed by atoms with E-state index in [1.807, 2.05) is 0 Å². The van der Waals surface area contributed by atoms with Gasteiger partial charge in [-0.25, -0.2) is 22.2 Å². The molecule has 0 aromatic carbocycles. The quantitative estimate of drug-likeness (QED) is 0.848. The van der Waals surface area contributed by atoms with Gasteiger partial charge in [-0.1, -0.05) is 0 Å². The van der Waals surface area contributed by atoms with Crippen molar-refractivity contribution in [1.82, 2.24) is 4.98 Å². The van der Waals surface area contributed by atoms with Gasteiger partial charge in [0.15, 0.2) is 5.03 Å². The number of hydrogen-bond donors (Lipinski definition) is 1. The molecule has 1 heterocycles. The lowest BCUT2D eigenvalue weighted by Gasteiger charge is -2.07. The summed E-state index contributed by atoms with van der Waals surface area (Å²) in [6.45, 7) is 0. The third-order valence-corrected chi connectivity index (χ3v) is 3.73. The average molecular weight is 322 g/mol. The zero-order valence-electron chi connectivity index (χ0n) is 6.92. The maximum absolute atomic E-state index is 12.4. The van der Waals surface area contributed by atoms with Crippen molar-refractivity contribution in [1.29, 1.82) is 0 Å². The van der Waals surface area contributed by atoms with Gasteiger partial charge in [0, 0.05) is 16.2 Å². The Balaban J connectivity index is 3.56. The molecule has 0 atom stereocenters. The number of halogens is 4. The van der Waals surface area contributed by atoms with Crippen LogP contribution in [0.1, 0.15) is 12.0 Å². The minimum atomic E-state index is -4.21. The minimum Gasteiger partial charge on any atom is -0.384 e. The highest BCUT2D eigenvalue weighted by Gasteiger charge is 2.23. The summed E-state index contributed by atoms with van der Waals surface area (Å²) in [4.78, 5) is 3.36. The first-order valence-corrected chi connectivity index (χ1v) is 6.52. The molecule has 1 aromatic rings. The number of aromatic nitrogens is 1. The van der Waals surface area contributed by atoms with E-state index < -0.39 is 26.1 Å². The van der Waals surface area contributed by atoms with Crippen molar-refractivity contribution in [2.75, 3.05) is 5.73 Å². The molecule has 0 saturated heterocycles. The molecular formula is C6H4BrClF2N2O2S. The van der Waals surface area contributed by atoms with Gasteiger partial charge in [0.25, 0.3) is 15.5 Å². The first-order valence-electron chi connectivity index (χ1n) is 3.42. The van der Waals surface area contributed by atoms with E-state index in [9.17, 15) is 17.2 Å². The average Bonchev–Trinajstić information content (AvgIpc) is 2.06. The Kier molecular flexibility index (Phi) is 3.51. The second-order valence-corrected chi connectivity index (χ2v) is 5.77. The zero-order valence-corrected chi connectivity index (χ0v) is 10.1. The molecule has 0 spiro atoms. The SMILES string of the molecule is Nc1cc(C(F)F)c(Br)c(S(=O)(=O)Cl)n1. The molecule has 0 aliphatic heterocycles. The molecule has 0 bridgehead atoms. The van der Waals surface area contributed by atoms with Crippen LogP contribution in [0.15, 0.2) is 15.6 Å². The van der Waals surface area contributed by atoms with Crippen LogP contribution in [0.3, 0.4) is 0 Å². The van der Waals surface area contributed by atoms with E-state index in [0.717, 1.165) is 6.07 Å². The van der Waals surface area contributed by atoms with Crippen molar-refractivity contribution in [3.8, 4) is 0 Å². The van der Waals surface area contributed by atoms with Crippen LogP contribution in [-0.2, 0) is 9.05 Å². The summed E-state index contributed by atoms with van der Waals surface area (Å²) in [5.41, 5.74) is 4.61. The summed E-state index contributed by atoms with van der Waals surface area (Å²) >= 11 is 2.69. The molecule has 2 N–H and O–H groups in total. The number of hydrogen-bond acceptors (Lipinski definition) is 4. The largest absolute Gasteiger partial charge is 0.384 e. The summed E-state index contributed by atoms with van der Waals surface area (Å²) in [6, 6.07) is 0.875. The number of anilines is 1. The standard InChI is InChI=1S/C6H4BrClF2N2O2S/c7-4-2(5(9)10)1-3(11)12-6(4)15(8,13)14/h1,5H,(H2,11,12). The number of alkyl halides is 2. The van der Waals surface area contributed by atoms with Gasteiger partial charge in [0.1, 0.15) is 5.82 Å². The van der Waals surface area contributed by atoms with Gasteiger partial charge in [0.2, 0.25) is 0 Å². The highest BCUT2D eigenvalue weighted by molar-refractivity contribution is 9.10. The predicted molar refractivity (Wildman–Crippen MR) is 54.3 cm³/mol. The fourth-order valence-corrected chi connectivity index (χ4v) is 3.04. The Morgan fingerprint density at radius 2 is 2.07 bits per heavy atom. The van der Waals surface area contributed by atoms with E-state index in [2.05, 4.69) is 20.9 Å². The molecule has 1 aromatic heterocycles. The van der Waals surface area contributed by atoms with Crippen LogP contribution < -0.4 is 5.73 Å². The van der Waals surface area contributed by atoms with Crippen molar-refractivity contribution < 1.29 is 17.2 Å². The van der Waals surface area contributed by atoms with E-state index in [-0.39, 0.29) is 10.3 Å². The van der Waals surface area contributed by atoms with Gasteiger partial charge in [-0.3, -0.25) is 0 Å². The lowest BCUT2D eigenvalue weighted by atomic mass is 10.3. The third-order valence-electron chi connectivity index (χ3n) is 1.44. The number of nitrogens with two attached hydrogens (primary N) is 1. The van der Waals surface area contributed by atoms with E-state index in [4.69, 9.17) is 16.4 Å². The number of rotatable bonds is 2. The molecule has 15 heavy (non-hydrogen) atoms. The second kappa shape index (κ2) is 4.18. The van der Waals surface area contributed by atoms with Gasteiger partial charge in [-0.2, -0.15) is 0 Å². The van der Waals surface area contributed by atoms with E-state index >= 15 is 0 Å². The molecular weight excluding hydrogens is 317 g/mol. The summed E-state index contributed by atoms with van der Waals surface area (Å²) < 4.78 is 46.4. The predicted octanol–water partition coefficient (Wildman–Crippen LogP) is 2.29. The Morgan fingerprint density at radius 3 is 2.47 bits per heavy atom. The topological polar surface area (TPSA) is 73.1 Å². The summed E-state index contributed by atoms with van der Waals surface area (Å²) in [5, 5.41) is -0.709. The lowest BCUT2D eigenvalue weighted by molar-refractivity contribution is 0.150. The first-order chi connectivity index (χ1) is 6.73. The molecule has 1 rings (SSSR count). The summed E-state index contributed by atoms with van der Waals surface area (Å²) in [6.07, 6.45) is -2.87. The lowest BCUT2D eigenvalue weighted by Crippen LogP contribution is -2.04. The van der Waals surface area contributed by atoms with Crippen molar-refractivity contribution in [2.45, 2.75) is 11.5 Å². The summed E-state index contributed by atoms with van der Waals surface area (Å²) in [7, 11) is 0.781. The second-order valence-electron chi connectivity index (χ2n) is 2.49. The van der Waals surface area contributed by atoms with E-state index in [0.29, 0.717) is 0 Å². The smallest absolute Gasteiger partial charge is 0.279 e. The van der Waals surface area contributed by atoms with Crippen LogP contribution in [-0.4, -0.2) is 13.4 Å². The fraction of sp³-hybridized carbons (Fsp3) is 0.167. The van der Waals surface area contributed by atoms with Gasteiger partial charge in [-0.15, -0.1) is 0 Å². The molecule has 0 unspecified atom stereocenters. The third kappa shape index (κ3) is 2.76. The molecule has 84 valence electrons. The van der Waals surface area contributed by atoms with Crippen molar-refractivity contribution in [3.05, 3.63) is 16.1 Å². The molecule has 4 nitrogen and oxygen atoms in total. The minimum absolute atomic E-state index is 0.340. The normalized spacial score (nSPS) is 12.1. The maximum atomic E-state index is 12.4. The number of nitrogen functional groups attached to an aromatic ring is 1. The monoisotopic (exact) mass is 320 g/mol. The first kappa shape index (κ1) is 12.6. The zero-order chi connectivity index (χ0) is 11.8. The van der Waals surface area contributed by atoms with Gasteiger partial charge in [0.05, 0.1) is 4.47 Å². The summed E-state index contributed by atoms with van der Waals surface area (Å²) in [5.74, 6) is -0.340. The van der Waals surface area contributed by atoms with Crippen LogP contribution in [0.5, 0.6) is 0 Å². The molecule has 0 saturated carbocycles. The van der Waals surface area contributed by atoms with Gasteiger partial charge in [-0.05, 0) is 22.0 Å². The van der Waals surface area contributed by atoms with Gasteiger partial charge < -0.3 is 5.73 Å². The van der Waals surface area contributed by atoms with Crippen molar-refractivity contribution >= 4 is 41.5 Å². The highest BCUT2D eigenvalue weighted by Crippen LogP contribution is 2.33. The van der Waals surface area contributed by atoms with E-state index in [1.54, 1.807) is 0 Å². The molecule has 0 aliphatic rings. The van der Waals surface area contributed by atoms with Crippen molar-refractivity contribution in [3.63, 3.8) is 0 Å². The molecule has 9 heteroatoms. The van der Waals surface area contributed by atoms with Crippen LogP contribution in [0, 0.1) is 0 Å². The number of pyridine rings is 1. The molecule has 0 amide bonds. The van der Waals surface area contributed by atoms with Crippen LogP contribution in [0.2, 0.25) is 0 Å². The molecule has 0 aliphatic carbocycles. The Bertz CT molecular complexity index is 494. The van der Waals surface area contributed by atoms with Crippen molar-refractivity contribution in [2.24, 2.45) is 0 Å². The highest BCUT2D eigenvalue weighted by atomic mass is 79.9. The maximum Gasteiger partial charge on any atom is 0.279 e. The number of nitrogens with zero attached hydrogens (tertiary/aromatic N) is 1. The Labute approximate surface area is 97.0 Å². The molecule has 0 fully saturated rings. The Hall–Kier alpha value is -0.470.